The Hall–Kier alpha value is -2.08. The van der Waals surface area contributed by atoms with E-state index in [9.17, 15) is 14.7 Å². The molecule has 0 aromatic heterocycles. The van der Waals surface area contributed by atoms with Crippen molar-refractivity contribution in [1.82, 2.24) is 4.90 Å². The SMILES string of the molecule is COCCN1CC(C(=O)Nc2cc(C)ccc2O)CC1=O. The summed E-state index contributed by atoms with van der Waals surface area (Å²) >= 11 is 0. The molecule has 21 heavy (non-hydrogen) atoms. The molecule has 0 aliphatic carbocycles. The van der Waals surface area contributed by atoms with Crippen LogP contribution in [0.4, 0.5) is 5.69 Å². The Labute approximate surface area is 123 Å². The molecule has 2 amide bonds. The summed E-state index contributed by atoms with van der Waals surface area (Å²) < 4.78 is 4.94. The van der Waals surface area contributed by atoms with Gasteiger partial charge in [0.25, 0.3) is 0 Å². The van der Waals surface area contributed by atoms with Gasteiger partial charge in [-0.2, -0.15) is 0 Å². The zero-order valence-corrected chi connectivity index (χ0v) is 12.3. The van der Waals surface area contributed by atoms with Gasteiger partial charge in [0.15, 0.2) is 0 Å². The predicted molar refractivity (Wildman–Crippen MR) is 78.0 cm³/mol. The summed E-state index contributed by atoms with van der Waals surface area (Å²) in [7, 11) is 1.57. The first kappa shape index (κ1) is 15.3. The number of aryl methyl sites for hydroxylation is 1. The molecule has 0 saturated carbocycles. The highest BCUT2D eigenvalue weighted by Gasteiger charge is 2.34. The third-order valence-corrected chi connectivity index (χ3v) is 3.56. The van der Waals surface area contributed by atoms with Crippen molar-refractivity contribution >= 4 is 17.5 Å². The lowest BCUT2D eigenvalue weighted by Gasteiger charge is -2.16. The normalized spacial score (nSPS) is 18.1. The largest absolute Gasteiger partial charge is 0.506 e. The smallest absolute Gasteiger partial charge is 0.229 e. The van der Waals surface area contributed by atoms with Gasteiger partial charge in [0.2, 0.25) is 11.8 Å². The Kier molecular flexibility index (Phi) is 4.80. The molecule has 2 rings (SSSR count). The number of phenolic OH excluding ortho intramolecular Hbond substituents is 1. The van der Waals surface area contributed by atoms with Crippen LogP contribution in [0.25, 0.3) is 0 Å². The summed E-state index contributed by atoms with van der Waals surface area (Å²) in [6.45, 7) is 3.22. The second-order valence-electron chi connectivity index (χ2n) is 5.24. The lowest BCUT2D eigenvalue weighted by molar-refractivity contribution is -0.128. The van der Waals surface area contributed by atoms with Crippen molar-refractivity contribution in [2.24, 2.45) is 5.92 Å². The van der Waals surface area contributed by atoms with Crippen molar-refractivity contribution in [2.45, 2.75) is 13.3 Å². The van der Waals surface area contributed by atoms with Crippen molar-refractivity contribution in [2.75, 3.05) is 32.1 Å². The van der Waals surface area contributed by atoms with Crippen LogP contribution >= 0.6 is 0 Å². The number of hydrogen-bond acceptors (Lipinski definition) is 4. The fourth-order valence-electron chi connectivity index (χ4n) is 2.35. The van der Waals surface area contributed by atoms with E-state index in [1.165, 1.54) is 6.07 Å². The number of likely N-dealkylation sites (tertiary alicyclic amines) is 1. The maximum Gasteiger partial charge on any atom is 0.229 e. The number of carbonyl (C=O) groups excluding carboxylic acids is 2. The van der Waals surface area contributed by atoms with Crippen LogP contribution in [0, 0.1) is 12.8 Å². The van der Waals surface area contributed by atoms with E-state index in [2.05, 4.69) is 5.32 Å². The minimum Gasteiger partial charge on any atom is -0.506 e. The van der Waals surface area contributed by atoms with Crippen molar-refractivity contribution < 1.29 is 19.4 Å². The zero-order chi connectivity index (χ0) is 15.4. The van der Waals surface area contributed by atoms with Crippen LogP contribution in [0.3, 0.4) is 0 Å². The lowest BCUT2D eigenvalue weighted by Crippen LogP contribution is -2.30. The molecule has 6 heteroatoms. The van der Waals surface area contributed by atoms with Gasteiger partial charge in [-0.05, 0) is 24.6 Å². The summed E-state index contributed by atoms with van der Waals surface area (Å²) in [5.74, 6) is -0.659. The molecule has 6 nitrogen and oxygen atoms in total. The van der Waals surface area contributed by atoms with E-state index in [0.717, 1.165) is 5.56 Å². The molecule has 1 aliphatic rings. The third-order valence-electron chi connectivity index (χ3n) is 3.56. The van der Waals surface area contributed by atoms with Crippen molar-refractivity contribution in [3.63, 3.8) is 0 Å². The number of aromatic hydroxyl groups is 1. The predicted octanol–water partition coefficient (Wildman–Crippen LogP) is 1.13. The Balaban J connectivity index is 1.98. The Morgan fingerprint density at radius 1 is 1.52 bits per heavy atom. The first-order valence-electron chi connectivity index (χ1n) is 6.88. The van der Waals surface area contributed by atoms with Crippen molar-refractivity contribution in [3.05, 3.63) is 23.8 Å². The molecule has 1 atom stereocenters. The van der Waals surface area contributed by atoms with E-state index < -0.39 is 5.92 Å². The molecular formula is C15H20N2O4. The quantitative estimate of drug-likeness (QED) is 0.798. The molecular weight excluding hydrogens is 272 g/mol. The van der Waals surface area contributed by atoms with E-state index in [1.54, 1.807) is 24.1 Å². The number of anilines is 1. The Morgan fingerprint density at radius 3 is 3.00 bits per heavy atom. The van der Waals surface area contributed by atoms with Gasteiger partial charge in [-0.25, -0.2) is 0 Å². The molecule has 1 aromatic carbocycles. The van der Waals surface area contributed by atoms with E-state index in [4.69, 9.17) is 4.74 Å². The highest BCUT2D eigenvalue weighted by Crippen LogP contribution is 2.26. The first-order valence-corrected chi connectivity index (χ1v) is 6.88. The number of phenols is 1. The molecule has 1 fully saturated rings. The monoisotopic (exact) mass is 292 g/mol. The second kappa shape index (κ2) is 6.58. The molecule has 1 unspecified atom stereocenters. The molecule has 0 spiro atoms. The lowest BCUT2D eigenvalue weighted by atomic mass is 10.1. The van der Waals surface area contributed by atoms with Gasteiger partial charge in [-0.1, -0.05) is 6.07 Å². The van der Waals surface area contributed by atoms with Crippen LogP contribution in [-0.2, 0) is 14.3 Å². The molecule has 1 aliphatic heterocycles. The summed E-state index contributed by atoms with van der Waals surface area (Å²) in [5.41, 5.74) is 1.31. The number of nitrogens with one attached hydrogen (secondary N) is 1. The molecule has 1 saturated heterocycles. The maximum absolute atomic E-state index is 12.2. The minimum atomic E-state index is -0.394. The minimum absolute atomic E-state index is 0.0227. The van der Waals surface area contributed by atoms with Crippen molar-refractivity contribution in [3.8, 4) is 5.75 Å². The van der Waals surface area contributed by atoms with Gasteiger partial charge in [0.05, 0.1) is 18.2 Å². The summed E-state index contributed by atoms with van der Waals surface area (Å²) in [5, 5.41) is 12.4. The van der Waals surface area contributed by atoms with Crippen LogP contribution in [0.1, 0.15) is 12.0 Å². The number of amides is 2. The fourth-order valence-corrected chi connectivity index (χ4v) is 2.35. The number of carbonyl (C=O) groups is 2. The molecule has 1 aromatic rings. The first-order chi connectivity index (χ1) is 10.0. The third kappa shape index (κ3) is 3.72. The average Bonchev–Trinajstić information content (AvgIpc) is 2.82. The van der Waals surface area contributed by atoms with Gasteiger partial charge in [-0.3, -0.25) is 9.59 Å². The van der Waals surface area contributed by atoms with Crippen LogP contribution < -0.4 is 5.32 Å². The number of benzene rings is 1. The highest BCUT2D eigenvalue weighted by molar-refractivity contribution is 5.98. The van der Waals surface area contributed by atoms with Gasteiger partial charge in [-0.15, -0.1) is 0 Å². The zero-order valence-electron chi connectivity index (χ0n) is 12.3. The summed E-state index contributed by atoms with van der Waals surface area (Å²) in [6, 6.07) is 5.00. The number of ether oxygens (including phenoxy) is 1. The Bertz CT molecular complexity index is 544. The van der Waals surface area contributed by atoms with E-state index in [0.29, 0.717) is 25.4 Å². The molecule has 0 radical (unpaired) electrons. The van der Waals surface area contributed by atoms with Crippen LogP contribution in [0.2, 0.25) is 0 Å². The van der Waals surface area contributed by atoms with Gasteiger partial charge < -0.3 is 20.1 Å². The highest BCUT2D eigenvalue weighted by atomic mass is 16.5. The average molecular weight is 292 g/mol. The number of methoxy groups -OCH3 is 1. The second-order valence-corrected chi connectivity index (χ2v) is 5.24. The molecule has 114 valence electrons. The van der Waals surface area contributed by atoms with E-state index >= 15 is 0 Å². The summed E-state index contributed by atoms with van der Waals surface area (Å²) in [6.07, 6.45) is 0.197. The van der Waals surface area contributed by atoms with Crippen LogP contribution in [0.5, 0.6) is 5.75 Å². The summed E-state index contributed by atoms with van der Waals surface area (Å²) in [4.78, 5) is 25.6. The molecule has 0 bridgehead atoms. The standard InChI is InChI=1S/C15H20N2O4/c1-10-3-4-13(18)12(7-10)16-15(20)11-8-14(19)17(9-11)5-6-21-2/h3-4,7,11,18H,5-6,8-9H2,1-2H3,(H,16,20). The number of rotatable bonds is 5. The van der Waals surface area contributed by atoms with Crippen LogP contribution in [-0.4, -0.2) is 48.6 Å². The number of nitrogens with zero attached hydrogens (tertiary/aromatic N) is 1. The van der Waals surface area contributed by atoms with Gasteiger partial charge in [0.1, 0.15) is 5.75 Å². The van der Waals surface area contributed by atoms with E-state index in [-0.39, 0.29) is 24.0 Å². The number of hydrogen-bond donors (Lipinski definition) is 2. The van der Waals surface area contributed by atoms with Gasteiger partial charge in [0, 0.05) is 26.6 Å². The Morgan fingerprint density at radius 2 is 2.29 bits per heavy atom. The maximum atomic E-state index is 12.2. The fraction of sp³-hybridized carbons (Fsp3) is 0.467. The molecule has 1 heterocycles. The van der Waals surface area contributed by atoms with Gasteiger partial charge >= 0.3 is 0 Å². The topological polar surface area (TPSA) is 78.9 Å². The van der Waals surface area contributed by atoms with Crippen LogP contribution in [0.15, 0.2) is 18.2 Å². The molecule has 2 N–H and O–H groups in total. The van der Waals surface area contributed by atoms with Crippen molar-refractivity contribution in [1.29, 1.82) is 0 Å². The van der Waals surface area contributed by atoms with E-state index in [1.807, 2.05) is 6.92 Å².